The van der Waals surface area contributed by atoms with Crippen LogP contribution in [0, 0.1) is 5.41 Å². The van der Waals surface area contributed by atoms with Crippen molar-refractivity contribution in [2.45, 2.75) is 45.0 Å². The number of hydrogen-bond acceptors (Lipinski definition) is 2. The van der Waals surface area contributed by atoms with Crippen LogP contribution < -0.4 is 0 Å². The molecule has 0 aromatic heterocycles. The van der Waals surface area contributed by atoms with Gasteiger partial charge in [0, 0.05) is 17.9 Å². The van der Waals surface area contributed by atoms with Crippen LogP contribution in [0.2, 0.25) is 0 Å². The summed E-state index contributed by atoms with van der Waals surface area (Å²) >= 11 is 3.60. The van der Waals surface area contributed by atoms with Crippen LogP contribution in [-0.4, -0.2) is 34.5 Å². The smallest absolute Gasteiger partial charge is 0.410 e. The molecular weight excluding hydrogens is 258 g/mol. The first-order chi connectivity index (χ1) is 6.62. The van der Waals surface area contributed by atoms with Gasteiger partial charge in [0.05, 0.1) is 0 Å². The van der Waals surface area contributed by atoms with Crippen molar-refractivity contribution < 1.29 is 9.53 Å². The van der Waals surface area contributed by atoms with Crippen molar-refractivity contribution in [2.75, 3.05) is 13.1 Å². The van der Waals surface area contributed by atoms with Crippen LogP contribution in [-0.2, 0) is 4.74 Å². The second-order valence-corrected chi connectivity index (χ2v) is 6.92. The van der Waals surface area contributed by atoms with Gasteiger partial charge in [-0.25, -0.2) is 4.79 Å². The van der Waals surface area contributed by atoms with Crippen molar-refractivity contribution in [3.05, 3.63) is 0 Å². The van der Waals surface area contributed by atoms with E-state index in [1.54, 1.807) is 4.90 Å². The molecule has 0 radical (unpaired) electrons. The maximum atomic E-state index is 11.8. The van der Waals surface area contributed by atoms with Crippen molar-refractivity contribution in [1.29, 1.82) is 0 Å². The van der Waals surface area contributed by atoms with Crippen molar-refractivity contribution in [3.8, 4) is 0 Å². The minimum Gasteiger partial charge on any atom is -0.444 e. The van der Waals surface area contributed by atoms with Gasteiger partial charge in [0.2, 0.25) is 0 Å². The first kappa shape index (κ1) is 12.8. The number of halogens is 1. The number of amides is 1. The summed E-state index contributed by atoms with van der Waals surface area (Å²) in [5.41, 5.74) is -0.289. The highest BCUT2D eigenvalue weighted by Crippen LogP contribution is 2.35. The third kappa shape index (κ3) is 3.37. The van der Waals surface area contributed by atoms with E-state index in [2.05, 4.69) is 29.8 Å². The lowest BCUT2D eigenvalue weighted by Gasteiger charge is -2.25. The molecule has 4 heteroatoms. The monoisotopic (exact) mass is 277 g/mol. The standard InChI is InChI=1S/C11H20BrNO2/c1-10(2,3)15-9(14)13-6-8(12)11(4,5)7-13/h8H,6-7H2,1-5H3. The maximum Gasteiger partial charge on any atom is 0.410 e. The number of carbonyl (C=O) groups excluding carboxylic acids is 1. The normalized spacial score (nSPS) is 25.5. The number of nitrogens with zero attached hydrogens (tertiary/aromatic N) is 1. The minimum absolute atomic E-state index is 0.122. The van der Waals surface area contributed by atoms with E-state index in [1.807, 2.05) is 20.8 Å². The molecule has 15 heavy (non-hydrogen) atoms. The van der Waals surface area contributed by atoms with Crippen LogP contribution >= 0.6 is 15.9 Å². The van der Waals surface area contributed by atoms with Crippen LogP contribution in [0.1, 0.15) is 34.6 Å². The van der Waals surface area contributed by atoms with E-state index in [0.717, 1.165) is 13.1 Å². The first-order valence-corrected chi connectivity index (χ1v) is 6.15. The molecule has 0 N–H and O–H groups in total. The molecule has 0 aromatic rings. The molecule has 0 bridgehead atoms. The van der Waals surface area contributed by atoms with E-state index in [0.29, 0.717) is 4.83 Å². The molecule has 0 aromatic carbocycles. The van der Waals surface area contributed by atoms with Gasteiger partial charge < -0.3 is 9.64 Å². The molecule has 1 heterocycles. The summed E-state index contributed by atoms with van der Waals surface area (Å²) in [6, 6.07) is 0. The van der Waals surface area contributed by atoms with E-state index < -0.39 is 5.60 Å². The molecule has 0 saturated carbocycles. The highest BCUT2D eigenvalue weighted by Gasteiger charge is 2.41. The molecule has 1 rings (SSSR count). The second kappa shape index (κ2) is 3.96. The maximum absolute atomic E-state index is 11.8. The van der Waals surface area contributed by atoms with E-state index in [9.17, 15) is 4.79 Å². The SMILES string of the molecule is CC(C)(C)OC(=O)N1CC(Br)C(C)(C)C1. The van der Waals surface area contributed by atoms with Crippen LogP contribution in [0.3, 0.4) is 0 Å². The molecule has 1 saturated heterocycles. The van der Waals surface area contributed by atoms with Gasteiger partial charge in [0.25, 0.3) is 0 Å². The number of likely N-dealkylation sites (tertiary alicyclic amines) is 1. The van der Waals surface area contributed by atoms with Gasteiger partial charge in [-0.3, -0.25) is 0 Å². The topological polar surface area (TPSA) is 29.5 Å². The fourth-order valence-corrected chi connectivity index (χ4v) is 2.06. The Morgan fingerprint density at radius 2 is 2.00 bits per heavy atom. The van der Waals surface area contributed by atoms with E-state index in [1.165, 1.54) is 0 Å². The minimum atomic E-state index is -0.411. The highest BCUT2D eigenvalue weighted by atomic mass is 79.9. The quantitative estimate of drug-likeness (QED) is 0.637. The van der Waals surface area contributed by atoms with E-state index >= 15 is 0 Å². The van der Waals surface area contributed by atoms with Gasteiger partial charge in [0.1, 0.15) is 5.60 Å². The number of rotatable bonds is 0. The van der Waals surface area contributed by atoms with Crippen molar-refractivity contribution in [2.24, 2.45) is 5.41 Å². The molecule has 0 spiro atoms. The molecule has 1 aliphatic heterocycles. The Hall–Kier alpha value is -0.250. The Labute approximate surface area is 100 Å². The zero-order valence-corrected chi connectivity index (χ0v) is 11.7. The number of carbonyl (C=O) groups is 1. The molecular formula is C11H20BrNO2. The summed E-state index contributed by atoms with van der Waals surface area (Å²) in [6.07, 6.45) is -0.211. The molecule has 1 atom stereocenters. The molecule has 1 aliphatic rings. The Balaban J connectivity index is 2.58. The lowest BCUT2D eigenvalue weighted by molar-refractivity contribution is 0.0278. The Morgan fingerprint density at radius 3 is 2.33 bits per heavy atom. The average Bonchev–Trinajstić information content (AvgIpc) is 2.23. The van der Waals surface area contributed by atoms with Crippen molar-refractivity contribution >= 4 is 22.0 Å². The lowest BCUT2D eigenvalue weighted by atomic mass is 9.93. The summed E-state index contributed by atoms with van der Waals surface area (Å²) in [5, 5.41) is 0. The average molecular weight is 278 g/mol. The predicted molar refractivity (Wildman–Crippen MR) is 64.3 cm³/mol. The van der Waals surface area contributed by atoms with Gasteiger partial charge in [0.15, 0.2) is 0 Å². The van der Waals surface area contributed by atoms with Crippen LogP contribution in [0.4, 0.5) is 4.79 Å². The summed E-state index contributed by atoms with van der Waals surface area (Å²) in [4.78, 5) is 13.9. The Bertz CT molecular complexity index is 258. The van der Waals surface area contributed by atoms with Crippen molar-refractivity contribution in [3.63, 3.8) is 0 Å². The second-order valence-electron chi connectivity index (χ2n) is 5.82. The van der Waals surface area contributed by atoms with Crippen LogP contribution in [0.25, 0.3) is 0 Å². The van der Waals surface area contributed by atoms with Crippen LogP contribution in [0.15, 0.2) is 0 Å². The number of ether oxygens (including phenoxy) is 1. The summed E-state index contributed by atoms with van der Waals surface area (Å²) in [6.45, 7) is 11.4. The van der Waals surface area contributed by atoms with Crippen LogP contribution in [0.5, 0.6) is 0 Å². The number of alkyl halides is 1. The van der Waals surface area contributed by atoms with Gasteiger partial charge in [-0.15, -0.1) is 0 Å². The van der Waals surface area contributed by atoms with E-state index in [-0.39, 0.29) is 11.5 Å². The zero-order chi connectivity index (χ0) is 11.9. The predicted octanol–water partition coefficient (Wildman–Crippen LogP) is 3.03. The summed E-state index contributed by atoms with van der Waals surface area (Å²) in [5.74, 6) is 0. The summed E-state index contributed by atoms with van der Waals surface area (Å²) < 4.78 is 5.33. The fourth-order valence-electron chi connectivity index (χ4n) is 1.56. The molecule has 1 amide bonds. The largest absolute Gasteiger partial charge is 0.444 e. The third-order valence-electron chi connectivity index (χ3n) is 2.48. The lowest BCUT2D eigenvalue weighted by Crippen LogP contribution is -2.36. The van der Waals surface area contributed by atoms with Gasteiger partial charge >= 0.3 is 6.09 Å². The Morgan fingerprint density at radius 1 is 1.47 bits per heavy atom. The van der Waals surface area contributed by atoms with E-state index in [4.69, 9.17) is 4.74 Å². The van der Waals surface area contributed by atoms with Gasteiger partial charge in [-0.2, -0.15) is 0 Å². The molecule has 0 aliphatic carbocycles. The number of hydrogen-bond donors (Lipinski definition) is 0. The summed E-state index contributed by atoms with van der Waals surface area (Å²) in [7, 11) is 0. The fraction of sp³-hybridized carbons (Fsp3) is 0.909. The third-order valence-corrected chi connectivity index (χ3v) is 4.01. The zero-order valence-electron chi connectivity index (χ0n) is 10.1. The highest BCUT2D eigenvalue weighted by molar-refractivity contribution is 9.09. The van der Waals surface area contributed by atoms with Gasteiger partial charge in [-0.05, 0) is 26.2 Å². The van der Waals surface area contributed by atoms with Crippen molar-refractivity contribution in [1.82, 2.24) is 4.90 Å². The molecule has 88 valence electrons. The first-order valence-electron chi connectivity index (χ1n) is 5.24. The molecule has 3 nitrogen and oxygen atoms in total. The van der Waals surface area contributed by atoms with Gasteiger partial charge in [-0.1, -0.05) is 29.8 Å². The molecule has 1 unspecified atom stereocenters. The molecule has 1 fully saturated rings. The Kier molecular flexibility index (Phi) is 3.39.